The summed E-state index contributed by atoms with van der Waals surface area (Å²) in [5.74, 6) is 1.58. The van der Waals surface area contributed by atoms with Crippen LogP contribution < -0.4 is 15.2 Å². The van der Waals surface area contributed by atoms with Crippen molar-refractivity contribution in [1.29, 1.82) is 0 Å². The molecule has 3 nitrogen and oxygen atoms in total. The molecule has 1 aromatic rings. The Labute approximate surface area is 108 Å². The van der Waals surface area contributed by atoms with Crippen molar-refractivity contribution >= 4 is 17.2 Å². The van der Waals surface area contributed by atoms with Gasteiger partial charge in [0, 0.05) is 11.5 Å². The van der Waals surface area contributed by atoms with E-state index in [1.807, 2.05) is 38.1 Å². The first-order valence-electron chi connectivity index (χ1n) is 5.52. The molecule has 17 heavy (non-hydrogen) atoms. The number of hydrogen-bond acceptors (Lipinski definition) is 3. The summed E-state index contributed by atoms with van der Waals surface area (Å²) in [4.78, 5) is 0.520. The maximum absolute atomic E-state index is 5.65. The molecule has 4 heteroatoms. The molecule has 1 rings (SSSR count). The summed E-state index contributed by atoms with van der Waals surface area (Å²) in [7, 11) is 1.63. The Morgan fingerprint density at radius 2 is 2.00 bits per heavy atom. The van der Waals surface area contributed by atoms with Crippen molar-refractivity contribution < 1.29 is 9.47 Å². The number of nitrogens with two attached hydrogens (primary N) is 1. The lowest BCUT2D eigenvalue weighted by atomic mass is 9.90. The van der Waals surface area contributed by atoms with E-state index in [1.54, 1.807) is 7.11 Å². The first-order valence-corrected chi connectivity index (χ1v) is 5.93. The van der Waals surface area contributed by atoms with Crippen molar-refractivity contribution in [1.82, 2.24) is 0 Å². The van der Waals surface area contributed by atoms with E-state index < -0.39 is 0 Å². The standard InChI is InChI=1S/C13H19NO2S/c1-13(2,12(14)17)7-8-16-11-6-4-5-10(9-11)15-3/h4-6,9H,7-8H2,1-3H3,(H2,14,17). The van der Waals surface area contributed by atoms with Gasteiger partial charge in [0.25, 0.3) is 0 Å². The molecule has 0 unspecified atom stereocenters. The van der Waals surface area contributed by atoms with Gasteiger partial charge in [-0.2, -0.15) is 0 Å². The van der Waals surface area contributed by atoms with E-state index in [4.69, 9.17) is 27.4 Å². The van der Waals surface area contributed by atoms with Crippen LogP contribution in [0, 0.1) is 5.41 Å². The zero-order valence-corrected chi connectivity index (χ0v) is 11.3. The third-order valence-electron chi connectivity index (χ3n) is 2.70. The van der Waals surface area contributed by atoms with Crippen LogP contribution in [-0.2, 0) is 0 Å². The molecular weight excluding hydrogens is 234 g/mol. The molecular formula is C13H19NO2S. The molecule has 0 radical (unpaired) electrons. The molecule has 1 aromatic carbocycles. The second-order valence-electron chi connectivity index (χ2n) is 4.53. The second-order valence-corrected chi connectivity index (χ2v) is 4.97. The molecule has 0 atom stereocenters. The first-order chi connectivity index (χ1) is 7.95. The van der Waals surface area contributed by atoms with Gasteiger partial charge in [-0.25, -0.2) is 0 Å². The van der Waals surface area contributed by atoms with Crippen molar-refractivity contribution in [2.75, 3.05) is 13.7 Å². The highest BCUT2D eigenvalue weighted by Gasteiger charge is 2.21. The lowest BCUT2D eigenvalue weighted by Crippen LogP contribution is -2.31. The van der Waals surface area contributed by atoms with E-state index in [-0.39, 0.29) is 5.41 Å². The Morgan fingerprint density at radius 1 is 1.35 bits per heavy atom. The van der Waals surface area contributed by atoms with Gasteiger partial charge in [-0.05, 0) is 18.6 Å². The molecule has 0 saturated carbocycles. The van der Waals surface area contributed by atoms with Gasteiger partial charge in [0.2, 0.25) is 0 Å². The minimum absolute atomic E-state index is 0.172. The Kier molecular flexibility index (Phi) is 4.75. The summed E-state index contributed by atoms with van der Waals surface area (Å²) in [5, 5.41) is 0. The monoisotopic (exact) mass is 253 g/mol. The predicted octanol–water partition coefficient (Wildman–Crippen LogP) is 2.78. The van der Waals surface area contributed by atoms with Crippen LogP contribution in [0.3, 0.4) is 0 Å². The van der Waals surface area contributed by atoms with Gasteiger partial charge in [0.15, 0.2) is 0 Å². The molecule has 0 amide bonds. The lowest BCUT2D eigenvalue weighted by Gasteiger charge is -2.22. The molecule has 0 bridgehead atoms. The number of benzene rings is 1. The van der Waals surface area contributed by atoms with E-state index in [1.165, 1.54) is 0 Å². The van der Waals surface area contributed by atoms with Crippen LogP contribution in [0.15, 0.2) is 24.3 Å². The fraction of sp³-hybridized carbons (Fsp3) is 0.462. The van der Waals surface area contributed by atoms with Crippen LogP contribution >= 0.6 is 12.2 Å². The molecule has 0 saturated heterocycles. The first kappa shape index (κ1) is 13.8. The average Bonchev–Trinajstić information content (AvgIpc) is 2.29. The summed E-state index contributed by atoms with van der Waals surface area (Å²) >= 11 is 5.00. The van der Waals surface area contributed by atoms with E-state index in [9.17, 15) is 0 Å². The van der Waals surface area contributed by atoms with Crippen molar-refractivity contribution in [3.8, 4) is 11.5 Å². The zero-order chi connectivity index (χ0) is 12.9. The Balaban J connectivity index is 2.48. The second kappa shape index (κ2) is 5.87. The number of hydrogen-bond donors (Lipinski definition) is 1. The van der Waals surface area contributed by atoms with Crippen molar-refractivity contribution in [2.24, 2.45) is 11.1 Å². The van der Waals surface area contributed by atoms with Gasteiger partial charge in [0.1, 0.15) is 11.5 Å². The average molecular weight is 253 g/mol. The van der Waals surface area contributed by atoms with Gasteiger partial charge < -0.3 is 15.2 Å². The van der Waals surface area contributed by atoms with Crippen LogP contribution in [0.25, 0.3) is 0 Å². The van der Waals surface area contributed by atoms with Crippen molar-refractivity contribution in [3.05, 3.63) is 24.3 Å². The highest BCUT2D eigenvalue weighted by molar-refractivity contribution is 7.80. The highest BCUT2D eigenvalue weighted by atomic mass is 32.1. The topological polar surface area (TPSA) is 44.5 Å². The fourth-order valence-electron chi connectivity index (χ4n) is 1.24. The molecule has 0 aliphatic heterocycles. The minimum Gasteiger partial charge on any atom is -0.497 e. The molecule has 0 aliphatic rings. The van der Waals surface area contributed by atoms with Gasteiger partial charge in [0.05, 0.1) is 18.7 Å². The molecule has 94 valence electrons. The number of rotatable bonds is 6. The summed E-state index contributed by atoms with van der Waals surface area (Å²) in [6.45, 7) is 4.62. The van der Waals surface area contributed by atoms with Crippen LogP contribution in [0.5, 0.6) is 11.5 Å². The van der Waals surface area contributed by atoms with E-state index in [0.717, 1.165) is 17.9 Å². The summed E-state index contributed by atoms with van der Waals surface area (Å²) in [6, 6.07) is 7.53. The van der Waals surface area contributed by atoms with E-state index in [2.05, 4.69) is 0 Å². The maximum Gasteiger partial charge on any atom is 0.122 e. The zero-order valence-electron chi connectivity index (χ0n) is 10.5. The quantitative estimate of drug-likeness (QED) is 0.792. The SMILES string of the molecule is COc1cccc(OCCC(C)(C)C(N)=S)c1. The maximum atomic E-state index is 5.65. The Morgan fingerprint density at radius 3 is 2.59 bits per heavy atom. The van der Waals surface area contributed by atoms with Crippen LogP contribution in [0.4, 0.5) is 0 Å². The Bertz CT molecular complexity index is 391. The summed E-state index contributed by atoms with van der Waals surface area (Å²) in [5.41, 5.74) is 5.48. The van der Waals surface area contributed by atoms with Gasteiger partial charge in [-0.1, -0.05) is 32.1 Å². The van der Waals surface area contributed by atoms with Crippen molar-refractivity contribution in [3.63, 3.8) is 0 Å². The number of methoxy groups -OCH3 is 1. The molecule has 0 aromatic heterocycles. The van der Waals surface area contributed by atoms with E-state index in [0.29, 0.717) is 11.6 Å². The van der Waals surface area contributed by atoms with Gasteiger partial charge in [-0.3, -0.25) is 0 Å². The largest absolute Gasteiger partial charge is 0.497 e. The highest BCUT2D eigenvalue weighted by Crippen LogP contribution is 2.23. The van der Waals surface area contributed by atoms with Gasteiger partial charge in [-0.15, -0.1) is 0 Å². The van der Waals surface area contributed by atoms with Gasteiger partial charge >= 0.3 is 0 Å². The Hall–Kier alpha value is -1.29. The third kappa shape index (κ3) is 4.23. The lowest BCUT2D eigenvalue weighted by molar-refractivity contribution is 0.269. The number of ether oxygens (including phenoxy) is 2. The normalized spacial score (nSPS) is 11.0. The summed E-state index contributed by atoms with van der Waals surface area (Å²) in [6.07, 6.45) is 0.791. The van der Waals surface area contributed by atoms with Crippen molar-refractivity contribution in [2.45, 2.75) is 20.3 Å². The van der Waals surface area contributed by atoms with Crippen LogP contribution in [-0.4, -0.2) is 18.7 Å². The van der Waals surface area contributed by atoms with Crippen LogP contribution in [0.2, 0.25) is 0 Å². The molecule has 0 heterocycles. The number of thiocarbonyl (C=S) groups is 1. The summed E-state index contributed by atoms with van der Waals surface area (Å²) < 4.78 is 10.8. The predicted molar refractivity (Wildman–Crippen MR) is 73.7 cm³/mol. The fourth-order valence-corrected chi connectivity index (χ4v) is 1.34. The molecule has 0 spiro atoms. The third-order valence-corrected chi connectivity index (χ3v) is 3.26. The molecule has 0 aliphatic carbocycles. The molecule has 2 N–H and O–H groups in total. The smallest absolute Gasteiger partial charge is 0.122 e. The van der Waals surface area contributed by atoms with Crippen LogP contribution in [0.1, 0.15) is 20.3 Å². The molecule has 0 fully saturated rings. The minimum atomic E-state index is -0.172. The van der Waals surface area contributed by atoms with E-state index >= 15 is 0 Å².